The zero-order chi connectivity index (χ0) is 14.5. The van der Waals surface area contributed by atoms with Crippen LogP contribution in [0.15, 0.2) is 18.2 Å². The van der Waals surface area contributed by atoms with E-state index in [0.717, 1.165) is 12.8 Å². The van der Waals surface area contributed by atoms with Crippen molar-refractivity contribution in [3.8, 4) is 0 Å². The number of carbonyl (C=O) groups is 2. The Morgan fingerprint density at radius 3 is 2.90 bits per heavy atom. The molecular weight excluding hydrogens is 254 g/mol. The molecule has 1 aliphatic rings. The highest BCUT2D eigenvalue weighted by Gasteiger charge is 2.23. The average Bonchev–Trinajstić information content (AvgIpc) is 2.79. The Morgan fingerprint density at radius 1 is 1.35 bits per heavy atom. The van der Waals surface area contributed by atoms with Crippen molar-refractivity contribution in [2.45, 2.75) is 45.6 Å². The number of carbonyl (C=O) groups excluding carboxylic acids is 2. The molecule has 0 aliphatic heterocycles. The fourth-order valence-corrected chi connectivity index (χ4v) is 2.61. The molecule has 0 saturated carbocycles. The molecular formula is C16H21NO3. The van der Waals surface area contributed by atoms with E-state index in [1.54, 1.807) is 6.92 Å². The molecule has 20 heavy (non-hydrogen) atoms. The van der Waals surface area contributed by atoms with Crippen LogP contribution in [-0.4, -0.2) is 18.5 Å². The van der Waals surface area contributed by atoms with Crippen molar-refractivity contribution in [3.63, 3.8) is 0 Å². The fraction of sp³-hybridized carbons (Fsp3) is 0.500. The summed E-state index contributed by atoms with van der Waals surface area (Å²) in [5, 5.41) is 3.01. The van der Waals surface area contributed by atoms with Crippen LogP contribution in [0.3, 0.4) is 0 Å². The van der Waals surface area contributed by atoms with Gasteiger partial charge in [-0.05, 0) is 37.8 Å². The molecule has 0 heterocycles. The SMILES string of the molecule is CCOC(=O)CCC(=O)N[C@@H]1CCc2cc(C)ccc21. The molecule has 4 nitrogen and oxygen atoms in total. The van der Waals surface area contributed by atoms with Gasteiger partial charge in [0.15, 0.2) is 0 Å². The molecule has 0 aromatic heterocycles. The van der Waals surface area contributed by atoms with Gasteiger partial charge in [0.1, 0.15) is 0 Å². The van der Waals surface area contributed by atoms with E-state index < -0.39 is 0 Å². The van der Waals surface area contributed by atoms with Crippen molar-refractivity contribution >= 4 is 11.9 Å². The molecule has 0 radical (unpaired) electrons. The van der Waals surface area contributed by atoms with Gasteiger partial charge in [0, 0.05) is 6.42 Å². The van der Waals surface area contributed by atoms with E-state index in [4.69, 9.17) is 4.74 Å². The summed E-state index contributed by atoms with van der Waals surface area (Å²) in [6, 6.07) is 6.43. The first-order valence-corrected chi connectivity index (χ1v) is 7.14. The number of ether oxygens (including phenoxy) is 1. The van der Waals surface area contributed by atoms with Gasteiger partial charge < -0.3 is 10.1 Å². The lowest BCUT2D eigenvalue weighted by Crippen LogP contribution is -2.27. The van der Waals surface area contributed by atoms with Gasteiger partial charge in [-0.2, -0.15) is 0 Å². The van der Waals surface area contributed by atoms with E-state index in [1.165, 1.54) is 16.7 Å². The van der Waals surface area contributed by atoms with E-state index in [0.29, 0.717) is 6.61 Å². The van der Waals surface area contributed by atoms with Crippen molar-refractivity contribution in [3.05, 3.63) is 34.9 Å². The molecule has 2 rings (SSSR count). The maximum atomic E-state index is 11.9. The summed E-state index contributed by atoms with van der Waals surface area (Å²) in [6.45, 7) is 4.19. The first kappa shape index (κ1) is 14.6. The van der Waals surface area contributed by atoms with Crippen molar-refractivity contribution in [2.24, 2.45) is 0 Å². The Kier molecular flexibility index (Phi) is 4.77. The Morgan fingerprint density at radius 2 is 2.15 bits per heavy atom. The van der Waals surface area contributed by atoms with Gasteiger partial charge in [-0.1, -0.05) is 23.8 Å². The first-order chi connectivity index (χ1) is 9.60. The Bertz CT molecular complexity index is 510. The van der Waals surface area contributed by atoms with Crippen LogP contribution in [0, 0.1) is 6.92 Å². The number of benzene rings is 1. The van der Waals surface area contributed by atoms with Gasteiger partial charge in [-0.15, -0.1) is 0 Å². The minimum atomic E-state index is -0.315. The zero-order valence-electron chi connectivity index (χ0n) is 12.1. The van der Waals surface area contributed by atoms with Crippen LogP contribution < -0.4 is 5.32 Å². The summed E-state index contributed by atoms with van der Waals surface area (Å²) in [5.41, 5.74) is 3.78. The van der Waals surface area contributed by atoms with Crippen LogP contribution in [0.2, 0.25) is 0 Å². The second kappa shape index (κ2) is 6.55. The van der Waals surface area contributed by atoms with Crippen molar-refractivity contribution < 1.29 is 14.3 Å². The van der Waals surface area contributed by atoms with E-state index in [9.17, 15) is 9.59 Å². The summed E-state index contributed by atoms with van der Waals surface area (Å²) in [6.07, 6.45) is 2.27. The van der Waals surface area contributed by atoms with E-state index in [2.05, 4.69) is 30.4 Å². The molecule has 4 heteroatoms. The number of rotatable bonds is 5. The molecule has 0 unspecified atom stereocenters. The minimum absolute atomic E-state index is 0.0836. The standard InChI is InChI=1S/C16H21NO3/c1-3-20-16(19)9-8-15(18)17-14-7-5-12-10-11(2)4-6-13(12)14/h4,6,10,14H,3,5,7-9H2,1-2H3,(H,17,18)/t14-/m1/s1. The van der Waals surface area contributed by atoms with Crippen LogP contribution in [0.1, 0.15) is 48.9 Å². The van der Waals surface area contributed by atoms with Gasteiger partial charge in [0.2, 0.25) is 5.91 Å². The lowest BCUT2D eigenvalue weighted by Gasteiger charge is -2.14. The predicted molar refractivity (Wildman–Crippen MR) is 76.3 cm³/mol. The predicted octanol–water partition coefficient (Wildman–Crippen LogP) is 2.44. The third kappa shape index (κ3) is 3.59. The quantitative estimate of drug-likeness (QED) is 0.840. The number of aryl methyl sites for hydroxylation is 2. The van der Waals surface area contributed by atoms with Gasteiger partial charge in [0.05, 0.1) is 19.1 Å². The molecule has 108 valence electrons. The Hall–Kier alpha value is -1.84. The number of hydrogen-bond donors (Lipinski definition) is 1. The van der Waals surface area contributed by atoms with Crippen LogP contribution in [0.4, 0.5) is 0 Å². The second-order valence-electron chi connectivity index (χ2n) is 5.17. The maximum Gasteiger partial charge on any atom is 0.306 e. The molecule has 1 atom stereocenters. The summed E-state index contributed by atoms with van der Waals surface area (Å²) < 4.78 is 4.81. The molecule has 0 saturated heterocycles. The lowest BCUT2D eigenvalue weighted by atomic mass is 10.1. The van der Waals surface area contributed by atoms with E-state index in [1.807, 2.05) is 0 Å². The van der Waals surface area contributed by atoms with Gasteiger partial charge in [-0.3, -0.25) is 9.59 Å². The summed E-state index contributed by atoms with van der Waals surface area (Å²) in [5.74, 6) is -0.401. The van der Waals surface area contributed by atoms with Crippen LogP contribution in [-0.2, 0) is 20.7 Å². The Balaban J connectivity index is 1.86. The molecule has 1 aromatic carbocycles. The zero-order valence-corrected chi connectivity index (χ0v) is 12.1. The van der Waals surface area contributed by atoms with Crippen molar-refractivity contribution in [1.29, 1.82) is 0 Å². The minimum Gasteiger partial charge on any atom is -0.466 e. The fourth-order valence-electron chi connectivity index (χ4n) is 2.61. The van der Waals surface area contributed by atoms with Crippen LogP contribution in [0.5, 0.6) is 0 Å². The number of amides is 1. The maximum absolute atomic E-state index is 11.9. The molecule has 0 spiro atoms. The highest BCUT2D eigenvalue weighted by Crippen LogP contribution is 2.31. The van der Waals surface area contributed by atoms with Crippen LogP contribution >= 0.6 is 0 Å². The molecule has 0 bridgehead atoms. The smallest absolute Gasteiger partial charge is 0.306 e. The molecule has 0 fully saturated rings. The molecule has 1 aromatic rings. The number of nitrogens with one attached hydrogen (secondary N) is 1. The van der Waals surface area contributed by atoms with Crippen molar-refractivity contribution in [1.82, 2.24) is 5.32 Å². The first-order valence-electron chi connectivity index (χ1n) is 7.14. The second-order valence-corrected chi connectivity index (χ2v) is 5.17. The topological polar surface area (TPSA) is 55.4 Å². The summed E-state index contributed by atoms with van der Waals surface area (Å²) >= 11 is 0. The monoisotopic (exact) mass is 275 g/mol. The third-order valence-electron chi connectivity index (χ3n) is 3.57. The average molecular weight is 275 g/mol. The van der Waals surface area contributed by atoms with Crippen molar-refractivity contribution in [2.75, 3.05) is 6.61 Å². The Labute approximate surface area is 119 Å². The molecule has 1 aliphatic carbocycles. The molecule has 1 N–H and O–H groups in total. The summed E-state index contributed by atoms with van der Waals surface area (Å²) in [7, 11) is 0. The lowest BCUT2D eigenvalue weighted by molar-refractivity contribution is -0.144. The highest BCUT2D eigenvalue weighted by molar-refractivity contribution is 5.81. The normalized spacial score (nSPS) is 16.6. The van der Waals surface area contributed by atoms with Crippen LogP contribution in [0.25, 0.3) is 0 Å². The van der Waals surface area contributed by atoms with Gasteiger partial charge in [0.25, 0.3) is 0 Å². The van der Waals surface area contributed by atoms with E-state index in [-0.39, 0.29) is 30.8 Å². The number of fused-ring (bicyclic) bond motifs is 1. The number of hydrogen-bond acceptors (Lipinski definition) is 3. The van der Waals surface area contributed by atoms with E-state index >= 15 is 0 Å². The van der Waals surface area contributed by atoms with Gasteiger partial charge in [-0.25, -0.2) is 0 Å². The van der Waals surface area contributed by atoms with Gasteiger partial charge >= 0.3 is 5.97 Å². The third-order valence-corrected chi connectivity index (χ3v) is 3.57. The molecule has 1 amide bonds. The summed E-state index contributed by atoms with van der Waals surface area (Å²) in [4.78, 5) is 23.1. The largest absolute Gasteiger partial charge is 0.466 e. The number of esters is 1. The highest BCUT2D eigenvalue weighted by atomic mass is 16.5.